The Morgan fingerprint density at radius 3 is 3.00 bits per heavy atom. The van der Waals surface area contributed by atoms with Crippen LogP contribution < -0.4 is 5.32 Å². The molecule has 2 rings (SSSR count). The molecular formula is C11H16N4. The number of aryl methyl sites for hydroxylation is 1. The lowest BCUT2D eigenvalue weighted by Gasteiger charge is -2.03. The van der Waals surface area contributed by atoms with Crippen molar-refractivity contribution in [3.05, 3.63) is 36.3 Å². The number of hydrogen-bond donors (Lipinski definition) is 2. The van der Waals surface area contributed by atoms with E-state index in [4.69, 9.17) is 0 Å². The number of aromatic amines is 1. The smallest absolute Gasteiger partial charge is 0.130 e. The molecule has 2 N–H and O–H groups in total. The van der Waals surface area contributed by atoms with Crippen LogP contribution in [-0.4, -0.2) is 15.2 Å². The lowest BCUT2D eigenvalue weighted by molar-refractivity contribution is 1.09. The van der Waals surface area contributed by atoms with Crippen molar-refractivity contribution >= 4 is 11.5 Å². The Hall–Kier alpha value is -1.84. The molecule has 4 heteroatoms. The van der Waals surface area contributed by atoms with Gasteiger partial charge in [0.05, 0.1) is 11.9 Å². The number of hydrogen-bond acceptors (Lipinski definition) is 3. The zero-order chi connectivity index (χ0) is 9.80. The van der Waals surface area contributed by atoms with E-state index in [0.717, 1.165) is 17.9 Å². The first-order chi connectivity index (χ1) is 6.88. The van der Waals surface area contributed by atoms with Crippen molar-refractivity contribution in [2.24, 2.45) is 0 Å². The highest BCUT2D eigenvalue weighted by Crippen LogP contribution is 2.13. The molecule has 0 bridgehead atoms. The molecule has 0 aliphatic heterocycles. The molecule has 80 valence electrons. The summed E-state index contributed by atoms with van der Waals surface area (Å²) in [7, 11) is 0. The Morgan fingerprint density at radius 2 is 2.33 bits per heavy atom. The van der Waals surface area contributed by atoms with Gasteiger partial charge in [0.2, 0.25) is 0 Å². The molecule has 2 aromatic rings. The Morgan fingerprint density at radius 1 is 1.47 bits per heavy atom. The summed E-state index contributed by atoms with van der Waals surface area (Å²) < 4.78 is 0. The lowest BCUT2D eigenvalue weighted by Crippen LogP contribution is -1.93. The molecule has 0 radical (unpaired) electrons. The second-order valence-electron chi connectivity index (χ2n) is 3.01. The van der Waals surface area contributed by atoms with Gasteiger partial charge in [-0.15, -0.1) is 0 Å². The highest BCUT2D eigenvalue weighted by Gasteiger charge is 1.97. The molecule has 0 spiro atoms. The lowest BCUT2D eigenvalue weighted by atomic mass is 10.2. The minimum absolute atomic E-state index is 0. The monoisotopic (exact) mass is 204 g/mol. The summed E-state index contributed by atoms with van der Waals surface area (Å²) in [5.41, 5.74) is 2.19. The summed E-state index contributed by atoms with van der Waals surface area (Å²) in [5.74, 6) is 0.853. The minimum atomic E-state index is 0. The average Bonchev–Trinajstić information content (AvgIpc) is 2.71. The molecule has 0 amide bonds. The highest BCUT2D eigenvalue weighted by molar-refractivity contribution is 5.54. The first-order valence-electron chi connectivity index (χ1n) is 4.59. The molecule has 2 heterocycles. The van der Waals surface area contributed by atoms with E-state index >= 15 is 0 Å². The Bertz CT molecular complexity index is 395. The minimum Gasteiger partial charge on any atom is -0.338 e. The average molecular weight is 204 g/mol. The Kier molecular flexibility index (Phi) is 3.85. The maximum absolute atomic E-state index is 4.21. The standard InChI is InChI=1S/C10H12N4.CH4/c1-2-8-3-4-11-10(5-8)14-9-6-12-13-7-9;/h3-7H,2H2,1H3,(H,11,14)(H,12,13);1H4. The van der Waals surface area contributed by atoms with Gasteiger partial charge in [0.15, 0.2) is 0 Å². The van der Waals surface area contributed by atoms with Crippen molar-refractivity contribution in [2.45, 2.75) is 20.8 Å². The van der Waals surface area contributed by atoms with E-state index in [1.54, 1.807) is 18.6 Å². The highest BCUT2D eigenvalue weighted by atomic mass is 15.1. The van der Waals surface area contributed by atoms with Gasteiger partial charge >= 0.3 is 0 Å². The van der Waals surface area contributed by atoms with Crippen molar-refractivity contribution in [2.75, 3.05) is 5.32 Å². The van der Waals surface area contributed by atoms with Gasteiger partial charge in [0.25, 0.3) is 0 Å². The number of aromatic nitrogens is 3. The summed E-state index contributed by atoms with van der Waals surface area (Å²) in [6.45, 7) is 2.12. The molecule has 15 heavy (non-hydrogen) atoms. The van der Waals surface area contributed by atoms with E-state index in [1.807, 2.05) is 12.1 Å². The van der Waals surface area contributed by atoms with E-state index in [9.17, 15) is 0 Å². The molecule has 0 aromatic carbocycles. The molecule has 0 saturated carbocycles. The summed E-state index contributed by atoms with van der Waals surface area (Å²) in [4.78, 5) is 4.21. The molecule has 4 nitrogen and oxygen atoms in total. The molecule has 0 saturated heterocycles. The number of pyridine rings is 1. The van der Waals surface area contributed by atoms with Gasteiger partial charge < -0.3 is 5.32 Å². The van der Waals surface area contributed by atoms with Gasteiger partial charge in [0, 0.05) is 12.4 Å². The summed E-state index contributed by atoms with van der Waals surface area (Å²) >= 11 is 0. The Balaban J connectivity index is 0.00000112. The number of nitrogens with zero attached hydrogens (tertiary/aromatic N) is 2. The van der Waals surface area contributed by atoms with Crippen LogP contribution in [0.15, 0.2) is 30.7 Å². The molecule has 0 aliphatic carbocycles. The van der Waals surface area contributed by atoms with E-state index in [-0.39, 0.29) is 7.43 Å². The van der Waals surface area contributed by atoms with Crippen molar-refractivity contribution in [3.8, 4) is 0 Å². The van der Waals surface area contributed by atoms with E-state index in [1.165, 1.54) is 5.56 Å². The van der Waals surface area contributed by atoms with Gasteiger partial charge in [0.1, 0.15) is 5.82 Å². The molecule has 2 aromatic heterocycles. The SMILES string of the molecule is C.CCc1ccnc(Nc2cn[nH]c2)c1. The number of anilines is 2. The van der Waals surface area contributed by atoms with E-state index in [0.29, 0.717) is 0 Å². The fourth-order valence-corrected chi connectivity index (χ4v) is 1.23. The van der Waals surface area contributed by atoms with Crippen LogP contribution in [0, 0.1) is 0 Å². The molecule has 0 fully saturated rings. The first-order valence-corrected chi connectivity index (χ1v) is 4.59. The predicted octanol–water partition coefficient (Wildman–Crippen LogP) is 2.75. The zero-order valence-corrected chi connectivity index (χ0v) is 7.99. The van der Waals surface area contributed by atoms with Crippen LogP contribution in [-0.2, 0) is 6.42 Å². The topological polar surface area (TPSA) is 53.6 Å². The second-order valence-corrected chi connectivity index (χ2v) is 3.01. The molecule has 0 aliphatic rings. The number of nitrogens with one attached hydrogen (secondary N) is 2. The predicted molar refractivity (Wildman–Crippen MR) is 62.2 cm³/mol. The maximum Gasteiger partial charge on any atom is 0.130 e. The third-order valence-corrected chi connectivity index (χ3v) is 2.00. The number of H-pyrrole nitrogens is 1. The quantitative estimate of drug-likeness (QED) is 0.808. The third-order valence-electron chi connectivity index (χ3n) is 2.00. The zero-order valence-electron chi connectivity index (χ0n) is 7.99. The van der Waals surface area contributed by atoms with Crippen LogP contribution in [0.2, 0.25) is 0 Å². The second kappa shape index (κ2) is 5.14. The largest absolute Gasteiger partial charge is 0.338 e. The fraction of sp³-hybridized carbons (Fsp3) is 0.273. The normalized spacial score (nSPS) is 9.40. The van der Waals surface area contributed by atoms with Gasteiger partial charge in [-0.2, -0.15) is 5.10 Å². The van der Waals surface area contributed by atoms with Gasteiger partial charge in [-0.25, -0.2) is 4.98 Å². The van der Waals surface area contributed by atoms with Crippen LogP contribution in [0.4, 0.5) is 11.5 Å². The first kappa shape index (κ1) is 11.2. The van der Waals surface area contributed by atoms with Crippen LogP contribution in [0.1, 0.15) is 19.9 Å². The molecule has 0 unspecified atom stereocenters. The van der Waals surface area contributed by atoms with Gasteiger partial charge in [-0.05, 0) is 24.1 Å². The fourth-order valence-electron chi connectivity index (χ4n) is 1.23. The summed E-state index contributed by atoms with van der Waals surface area (Å²) in [6.07, 6.45) is 6.34. The van der Waals surface area contributed by atoms with Crippen molar-refractivity contribution in [3.63, 3.8) is 0 Å². The molecular weight excluding hydrogens is 188 g/mol. The van der Waals surface area contributed by atoms with Crippen LogP contribution >= 0.6 is 0 Å². The van der Waals surface area contributed by atoms with Crippen LogP contribution in [0.3, 0.4) is 0 Å². The van der Waals surface area contributed by atoms with Crippen molar-refractivity contribution in [1.29, 1.82) is 0 Å². The Labute approximate surface area is 89.8 Å². The van der Waals surface area contributed by atoms with Crippen LogP contribution in [0.5, 0.6) is 0 Å². The van der Waals surface area contributed by atoms with E-state index < -0.39 is 0 Å². The molecule has 0 atom stereocenters. The summed E-state index contributed by atoms with van der Waals surface area (Å²) in [5, 5.41) is 9.74. The van der Waals surface area contributed by atoms with Crippen LogP contribution in [0.25, 0.3) is 0 Å². The third kappa shape index (κ3) is 2.80. The van der Waals surface area contributed by atoms with Crippen molar-refractivity contribution < 1.29 is 0 Å². The van der Waals surface area contributed by atoms with Gasteiger partial charge in [-0.3, -0.25) is 5.10 Å². The van der Waals surface area contributed by atoms with Crippen molar-refractivity contribution in [1.82, 2.24) is 15.2 Å². The maximum atomic E-state index is 4.21. The van der Waals surface area contributed by atoms with Gasteiger partial charge in [-0.1, -0.05) is 14.4 Å². The summed E-state index contributed by atoms with van der Waals surface area (Å²) in [6, 6.07) is 4.05. The van der Waals surface area contributed by atoms with E-state index in [2.05, 4.69) is 27.4 Å². The number of rotatable bonds is 3.